The van der Waals surface area contributed by atoms with Crippen molar-refractivity contribution in [1.29, 1.82) is 0 Å². The molecule has 0 bridgehead atoms. The van der Waals surface area contributed by atoms with E-state index >= 15 is 0 Å². The highest BCUT2D eigenvalue weighted by Crippen LogP contribution is 2.17. The Morgan fingerprint density at radius 2 is 2.00 bits per heavy atom. The predicted octanol–water partition coefficient (Wildman–Crippen LogP) is 1.47. The van der Waals surface area contributed by atoms with Crippen LogP contribution in [-0.2, 0) is 16.0 Å². The molecule has 1 heterocycles. The number of aryl methyl sites for hydroxylation is 1. The number of amides is 1. The molecule has 4 nitrogen and oxygen atoms in total. The molecule has 4 heteroatoms. The minimum Gasteiger partial charge on any atom is -0.481 e. The normalized spacial score (nSPS) is 18.9. The summed E-state index contributed by atoms with van der Waals surface area (Å²) in [5, 5.41) is 8.90. The van der Waals surface area contributed by atoms with E-state index in [1.165, 1.54) is 5.56 Å². The third-order valence-electron chi connectivity index (χ3n) is 3.37. The molecule has 0 aromatic heterocycles. The van der Waals surface area contributed by atoms with Crippen LogP contribution in [0.15, 0.2) is 24.3 Å². The maximum Gasteiger partial charge on any atom is 0.308 e. The van der Waals surface area contributed by atoms with E-state index < -0.39 is 11.9 Å². The van der Waals surface area contributed by atoms with Gasteiger partial charge in [0, 0.05) is 13.1 Å². The Bertz CT molecular complexity index is 453. The molecular formula is C14H17NO3. The van der Waals surface area contributed by atoms with E-state index in [9.17, 15) is 9.59 Å². The smallest absolute Gasteiger partial charge is 0.308 e. The van der Waals surface area contributed by atoms with Crippen molar-refractivity contribution in [2.75, 3.05) is 13.1 Å². The molecule has 1 fully saturated rings. The van der Waals surface area contributed by atoms with Gasteiger partial charge in [-0.15, -0.1) is 0 Å². The van der Waals surface area contributed by atoms with Gasteiger partial charge in [-0.1, -0.05) is 29.8 Å². The summed E-state index contributed by atoms with van der Waals surface area (Å²) < 4.78 is 0. The van der Waals surface area contributed by atoms with E-state index in [2.05, 4.69) is 0 Å². The summed E-state index contributed by atoms with van der Waals surface area (Å²) in [5.74, 6) is -1.18. The van der Waals surface area contributed by atoms with Crippen LogP contribution in [0.25, 0.3) is 0 Å². The lowest BCUT2D eigenvalue weighted by Crippen LogP contribution is -2.31. The number of carboxylic acid groups (broad SMARTS) is 1. The Kier molecular flexibility index (Phi) is 3.65. The third-order valence-corrected chi connectivity index (χ3v) is 3.37. The van der Waals surface area contributed by atoms with Crippen LogP contribution in [0, 0.1) is 12.8 Å². The molecule has 0 spiro atoms. The monoisotopic (exact) mass is 247 g/mol. The zero-order valence-corrected chi connectivity index (χ0v) is 10.4. The molecule has 0 saturated carbocycles. The first-order valence-corrected chi connectivity index (χ1v) is 6.12. The van der Waals surface area contributed by atoms with Gasteiger partial charge in [-0.3, -0.25) is 9.59 Å². The molecule has 1 saturated heterocycles. The van der Waals surface area contributed by atoms with Crippen molar-refractivity contribution in [2.45, 2.75) is 19.8 Å². The van der Waals surface area contributed by atoms with Gasteiger partial charge in [0.25, 0.3) is 0 Å². The van der Waals surface area contributed by atoms with E-state index in [-0.39, 0.29) is 5.91 Å². The lowest BCUT2D eigenvalue weighted by molar-refractivity contribution is -0.141. The summed E-state index contributed by atoms with van der Waals surface area (Å²) in [5.41, 5.74) is 2.14. The summed E-state index contributed by atoms with van der Waals surface area (Å²) in [4.78, 5) is 24.5. The second-order valence-corrected chi connectivity index (χ2v) is 4.83. The van der Waals surface area contributed by atoms with Crippen molar-refractivity contribution < 1.29 is 14.7 Å². The van der Waals surface area contributed by atoms with Gasteiger partial charge >= 0.3 is 5.97 Å². The van der Waals surface area contributed by atoms with Crippen molar-refractivity contribution in [3.05, 3.63) is 35.4 Å². The number of carbonyl (C=O) groups excluding carboxylic acids is 1. The number of rotatable bonds is 3. The first kappa shape index (κ1) is 12.6. The highest BCUT2D eigenvalue weighted by molar-refractivity contribution is 5.80. The van der Waals surface area contributed by atoms with Gasteiger partial charge in [0.15, 0.2) is 0 Å². The second kappa shape index (κ2) is 5.21. The first-order chi connectivity index (χ1) is 8.56. The van der Waals surface area contributed by atoms with Crippen molar-refractivity contribution >= 4 is 11.9 Å². The molecule has 0 unspecified atom stereocenters. The first-order valence-electron chi connectivity index (χ1n) is 6.12. The Morgan fingerprint density at radius 1 is 1.33 bits per heavy atom. The SMILES string of the molecule is Cc1ccc(CC(=O)N2CC[C@H](C(=O)O)C2)cc1. The molecule has 1 aliphatic rings. The highest BCUT2D eigenvalue weighted by atomic mass is 16.4. The van der Waals surface area contributed by atoms with E-state index in [1.54, 1.807) is 4.90 Å². The van der Waals surface area contributed by atoms with E-state index in [1.807, 2.05) is 31.2 Å². The fraction of sp³-hybridized carbons (Fsp3) is 0.429. The van der Waals surface area contributed by atoms with Crippen molar-refractivity contribution in [2.24, 2.45) is 5.92 Å². The standard InChI is InChI=1S/C14H17NO3/c1-10-2-4-11(5-3-10)8-13(16)15-7-6-12(9-15)14(17)18/h2-5,12H,6-9H2,1H3,(H,17,18)/t12-/m0/s1. The lowest BCUT2D eigenvalue weighted by atomic mass is 10.1. The quantitative estimate of drug-likeness (QED) is 0.880. The van der Waals surface area contributed by atoms with Gasteiger partial charge in [-0.25, -0.2) is 0 Å². The molecule has 1 aliphatic heterocycles. The Hall–Kier alpha value is -1.84. The van der Waals surface area contributed by atoms with E-state index in [4.69, 9.17) is 5.11 Å². The van der Waals surface area contributed by atoms with Crippen molar-refractivity contribution in [1.82, 2.24) is 4.90 Å². The van der Waals surface area contributed by atoms with Gasteiger partial charge in [0.05, 0.1) is 12.3 Å². The number of carboxylic acids is 1. The topological polar surface area (TPSA) is 57.6 Å². The largest absolute Gasteiger partial charge is 0.481 e. The minimum atomic E-state index is -0.805. The number of benzene rings is 1. The Morgan fingerprint density at radius 3 is 2.56 bits per heavy atom. The molecule has 18 heavy (non-hydrogen) atoms. The molecule has 2 rings (SSSR count). The Labute approximate surface area is 106 Å². The van der Waals surface area contributed by atoms with Crippen LogP contribution < -0.4 is 0 Å². The minimum absolute atomic E-state index is 0.0163. The fourth-order valence-corrected chi connectivity index (χ4v) is 2.18. The molecule has 0 radical (unpaired) electrons. The number of hydrogen-bond acceptors (Lipinski definition) is 2. The summed E-state index contributed by atoms with van der Waals surface area (Å²) in [6, 6.07) is 7.84. The Balaban J connectivity index is 1.93. The molecule has 1 aromatic carbocycles. The van der Waals surface area contributed by atoms with Crippen LogP contribution in [0.3, 0.4) is 0 Å². The van der Waals surface area contributed by atoms with Crippen LogP contribution in [-0.4, -0.2) is 35.0 Å². The highest BCUT2D eigenvalue weighted by Gasteiger charge is 2.30. The van der Waals surface area contributed by atoms with Crippen LogP contribution in [0.2, 0.25) is 0 Å². The summed E-state index contributed by atoms with van der Waals surface area (Å²) in [7, 11) is 0. The van der Waals surface area contributed by atoms with Gasteiger partial charge in [0.1, 0.15) is 0 Å². The zero-order chi connectivity index (χ0) is 13.1. The molecule has 1 N–H and O–H groups in total. The summed E-state index contributed by atoms with van der Waals surface area (Å²) >= 11 is 0. The predicted molar refractivity (Wildman–Crippen MR) is 67.2 cm³/mol. The van der Waals surface area contributed by atoms with Crippen molar-refractivity contribution in [3.8, 4) is 0 Å². The second-order valence-electron chi connectivity index (χ2n) is 4.83. The summed E-state index contributed by atoms with van der Waals surface area (Å²) in [6.07, 6.45) is 0.918. The van der Waals surface area contributed by atoms with Gasteiger partial charge < -0.3 is 10.0 Å². The maximum absolute atomic E-state index is 12.0. The van der Waals surface area contributed by atoms with E-state index in [0.717, 1.165) is 5.56 Å². The molecular weight excluding hydrogens is 230 g/mol. The van der Waals surface area contributed by atoms with Crippen LogP contribution in [0.1, 0.15) is 17.5 Å². The van der Waals surface area contributed by atoms with Gasteiger partial charge in [0.2, 0.25) is 5.91 Å². The van der Waals surface area contributed by atoms with Gasteiger partial charge in [-0.05, 0) is 18.9 Å². The van der Waals surface area contributed by atoms with Gasteiger partial charge in [-0.2, -0.15) is 0 Å². The molecule has 96 valence electrons. The van der Waals surface area contributed by atoms with E-state index in [0.29, 0.717) is 25.9 Å². The zero-order valence-electron chi connectivity index (χ0n) is 10.4. The third kappa shape index (κ3) is 2.88. The average Bonchev–Trinajstić information content (AvgIpc) is 2.81. The molecule has 1 aromatic rings. The lowest BCUT2D eigenvalue weighted by Gasteiger charge is -2.15. The maximum atomic E-state index is 12.0. The van der Waals surface area contributed by atoms with Crippen LogP contribution in [0.4, 0.5) is 0 Å². The van der Waals surface area contributed by atoms with Crippen LogP contribution in [0.5, 0.6) is 0 Å². The molecule has 0 aliphatic carbocycles. The molecule has 1 amide bonds. The fourth-order valence-electron chi connectivity index (χ4n) is 2.18. The van der Waals surface area contributed by atoms with Crippen molar-refractivity contribution in [3.63, 3.8) is 0 Å². The number of aliphatic carboxylic acids is 1. The molecule has 1 atom stereocenters. The average molecular weight is 247 g/mol. The summed E-state index contributed by atoms with van der Waals surface area (Å²) in [6.45, 7) is 2.91. The number of hydrogen-bond donors (Lipinski definition) is 1. The van der Waals surface area contributed by atoms with Crippen LogP contribution >= 0.6 is 0 Å². The number of carbonyl (C=O) groups is 2. The number of nitrogens with zero attached hydrogens (tertiary/aromatic N) is 1. The number of likely N-dealkylation sites (tertiary alicyclic amines) is 1.